The summed E-state index contributed by atoms with van der Waals surface area (Å²) in [7, 11) is 1.89. The summed E-state index contributed by atoms with van der Waals surface area (Å²) in [6.45, 7) is 10.4. The van der Waals surface area contributed by atoms with Crippen molar-refractivity contribution in [1.82, 2.24) is 10.6 Å². The van der Waals surface area contributed by atoms with Crippen molar-refractivity contribution in [1.29, 1.82) is 0 Å². The molecule has 2 N–H and O–H groups in total. The second-order valence-corrected chi connectivity index (χ2v) is 5.36. The van der Waals surface area contributed by atoms with Gasteiger partial charge in [-0.3, -0.25) is 0 Å². The first-order chi connectivity index (χ1) is 6.66. The quantitative estimate of drug-likeness (QED) is 0.754. The summed E-state index contributed by atoms with van der Waals surface area (Å²) >= 11 is 0. The number of amides is 1. The minimum atomic E-state index is -0.441. The largest absolute Gasteiger partial charge is 0.444 e. The molecule has 0 unspecified atom stereocenters. The molecule has 0 saturated heterocycles. The van der Waals surface area contributed by atoms with Crippen molar-refractivity contribution in [3.8, 4) is 0 Å². The molecule has 0 aromatic heterocycles. The molecule has 0 aliphatic carbocycles. The fourth-order valence-corrected chi connectivity index (χ4v) is 1.08. The van der Waals surface area contributed by atoms with Crippen LogP contribution in [0.3, 0.4) is 0 Å². The van der Waals surface area contributed by atoms with Crippen LogP contribution in [0.15, 0.2) is 0 Å². The Labute approximate surface area is 92.8 Å². The molecule has 0 bridgehead atoms. The Morgan fingerprint density at radius 2 is 1.73 bits per heavy atom. The highest BCUT2D eigenvalue weighted by atomic mass is 16.6. The van der Waals surface area contributed by atoms with Crippen LogP contribution in [-0.4, -0.2) is 30.8 Å². The lowest BCUT2D eigenvalue weighted by Gasteiger charge is -2.28. The molecule has 4 nitrogen and oxygen atoms in total. The van der Waals surface area contributed by atoms with Gasteiger partial charge in [0.05, 0.1) is 0 Å². The zero-order chi connectivity index (χ0) is 12.1. The van der Waals surface area contributed by atoms with E-state index in [-0.39, 0.29) is 11.6 Å². The highest BCUT2D eigenvalue weighted by molar-refractivity contribution is 5.68. The van der Waals surface area contributed by atoms with Gasteiger partial charge >= 0.3 is 6.09 Å². The first-order valence-electron chi connectivity index (χ1n) is 5.32. The summed E-state index contributed by atoms with van der Waals surface area (Å²) in [6, 6.07) is 0. The van der Waals surface area contributed by atoms with Gasteiger partial charge in [0.25, 0.3) is 0 Å². The predicted molar refractivity (Wildman–Crippen MR) is 62.0 cm³/mol. The molecule has 0 heterocycles. The van der Waals surface area contributed by atoms with E-state index in [4.69, 9.17) is 4.74 Å². The van der Waals surface area contributed by atoms with E-state index in [9.17, 15) is 4.79 Å². The van der Waals surface area contributed by atoms with Gasteiger partial charge < -0.3 is 15.4 Å². The Kier molecular flexibility index (Phi) is 5.08. The number of alkyl carbamates (subject to hydrolysis) is 1. The van der Waals surface area contributed by atoms with Crippen molar-refractivity contribution in [2.24, 2.45) is 0 Å². The maximum absolute atomic E-state index is 11.5. The minimum absolute atomic E-state index is 0.245. The van der Waals surface area contributed by atoms with Crippen LogP contribution >= 0.6 is 0 Å². The van der Waals surface area contributed by atoms with Crippen LogP contribution < -0.4 is 10.6 Å². The van der Waals surface area contributed by atoms with E-state index in [0.29, 0.717) is 0 Å². The molecule has 0 aliphatic heterocycles. The lowest BCUT2D eigenvalue weighted by Crippen LogP contribution is -2.47. The molecule has 0 fully saturated rings. The van der Waals surface area contributed by atoms with Gasteiger partial charge in [-0.05, 0) is 54.6 Å². The van der Waals surface area contributed by atoms with Crippen molar-refractivity contribution in [2.45, 2.75) is 52.2 Å². The summed E-state index contributed by atoms with van der Waals surface area (Å²) in [5.41, 5.74) is -0.686. The van der Waals surface area contributed by atoms with E-state index < -0.39 is 5.60 Å². The van der Waals surface area contributed by atoms with Gasteiger partial charge in [-0.15, -0.1) is 0 Å². The summed E-state index contributed by atoms with van der Waals surface area (Å²) in [5.74, 6) is 0. The van der Waals surface area contributed by atoms with E-state index in [2.05, 4.69) is 10.6 Å². The van der Waals surface area contributed by atoms with Crippen molar-refractivity contribution in [2.75, 3.05) is 13.6 Å². The van der Waals surface area contributed by atoms with Crippen molar-refractivity contribution < 1.29 is 9.53 Å². The first-order valence-corrected chi connectivity index (χ1v) is 5.32. The average molecular weight is 216 g/mol. The first kappa shape index (κ1) is 14.2. The maximum atomic E-state index is 11.5. The molecule has 0 radical (unpaired) electrons. The molecule has 0 atom stereocenters. The van der Waals surface area contributed by atoms with Crippen molar-refractivity contribution in [3.05, 3.63) is 0 Å². The predicted octanol–water partition coefficient (Wildman–Crippen LogP) is 1.90. The molecule has 15 heavy (non-hydrogen) atoms. The summed E-state index contributed by atoms with van der Waals surface area (Å²) in [6.07, 6.45) is 0.506. The molecule has 0 rings (SSSR count). The lowest BCUT2D eigenvalue weighted by molar-refractivity contribution is 0.0468. The highest BCUT2D eigenvalue weighted by Gasteiger charge is 2.23. The fourth-order valence-electron chi connectivity index (χ4n) is 1.08. The normalized spacial score (nSPS) is 12.4. The molecule has 0 aromatic carbocycles. The average Bonchev–Trinajstić information content (AvgIpc) is 1.95. The van der Waals surface area contributed by atoms with Crippen molar-refractivity contribution in [3.63, 3.8) is 0 Å². The molecule has 0 aromatic rings. The molecule has 90 valence electrons. The van der Waals surface area contributed by atoms with E-state index in [1.54, 1.807) is 0 Å². The lowest BCUT2D eigenvalue weighted by atomic mass is 10.0. The molecule has 0 saturated carbocycles. The van der Waals surface area contributed by atoms with E-state index in [1.807, 2.05) is 41.7 Å². The molecule has 1 amide bonds. The molecular weight excluding hydrogens is 192 g/mol. The minimum Gasteiger partial charge on any atom is -0.444 e. The zero-order valence-electron chi connectivity index (χ0n) is 10.7. The van der Waals surface area contributed by atoms with Crippen LogP contribution in [0.4, 0.5) is 4.79 Å². The van der Waals surface area contributed by atoms with Crippen LogP contribution in [0.2, 0.25) is 0 Å². The number of carbonyl (C=O) groups is 1. The second kappa shape index (κ2) is 5.35. The van der Waals surface area contributed by atoms with E-state index in [1.165, 1.54) is 0 Å². The SMILES string of the molecule is CNCCC(C)(C)NC(=O)OC(C)(C)C. The van der Waals surface area contributed by atoms with Crippen LogP contribution in [0, 0.1) is 0 Å². The van der Waals surface area contributed by atoms with Crippen LogP contribution in [0.5, 0.6) is 0 Å². The van der Waals surface area contributed by atoms with Gasteiger partial charge in [0.1, 0.15) is 5.60 Å². The van der Waals surface area contributed by atoms with E-state index in [0.717, 1.165) is 13.0 Å². The Bertz CT molecular complexity index is 207. The highest BCUT2D eigenvalue weighted by Crippen LogP contribution is 2.11. The monoisotopic (exact) mass is 216 g/mol. The van der Waals surface area contributed by atoms with Gasteiger partial charge in [-0.1, -0.05) is 0 Å². The number of hydrogen-bond acceptors (Lipinski definition) is 3. The number of rotatable bonds is 4. The summed E-state index contributed by atoms with van der Waals surface area (Å²) in [5, 5.41) is 5.90. The number of carbonyl (C=O) groups excluding carboxylic acids is 1. The molecule has 0 aliphatic rings. The third kappa shape index (κ3) is 8.24. The maximum Gasteiger partial charge on any atom is 0.408 e. The van der Waals surface area contributed by atoms with Gasteiger partial charge in [0.15, 0.2) is 0 Å². The summed E-state index contributed by atoms with van der Waals surface area (Å²) in [4.78, 5) is 11.5. The Morgan fingerprint density at radius 1 is 1.20 bits per heavy atom. The topological polar surface area (TPSA) is 50.4 Å². The van der Waals surface area contributed by atoms with Gasteiger partial charge in [-0.25, -0.2) is 4.79 Å². The van der Waals surface area contributed by atoms with Crippen LogP contribution in [0.25, 0.3) is 0 Å². The van der Waals surface area contributed by atoms with Gasteiger partial charge in [-0.2, -0.15) is 0 Å². The third-order valence-electron chi connectivity index (χ3n) is 1.84. The molecule has 4 heteroatoms. The molecule has 0 spiro atoms. The standard InChI is InChI=1S/C11H24N2O2/c1-10(2,3)15-9(14)13-11(4,5)7-8-12-6/h12H,7-8H2,1-6H3,(H,13,14). The van der Waals surface area contributed by atoms with Gasteiger partial charge in [0.2, 0.25) is 0 Å². The Morgan fingerprint density at radius 3 is 2.13 bits per heavy atom. The zero-order valence-corrected chi connectivity index (χ0v) is 10.7. The number of hydrogen-bond donors (Lipinski definition) is 2. The Balaban J connectivity index is 4.04. The fraction of sp³-hybridized carbons (Fsp3) is 0.909. The van der Waals surface area contributed by atoms with E-state index >= 15 is 0 Å². The summed E-state index contributed by atoms with van der Waals surface area (Å²) < 4.78 is 5.18. The smallest absolute Gasteiger partial charge is 0.408 e. The van der Waals surface area contributed by atoms with Gasteiger partial charge in [0, 0.05) is 5.54 Å². The third-order valence-corrected chi connectivity index (χ3v) is 1.84. The van der Waals surface area contributed by atoms with Crippen LogP contribution in [0.1, 0.15) is 41.0 Å². The number of ether oxygens (including phenoxy) is 1. The second-order valence-electron chi connectivity index (χ2n) is 5.36. The van der Waals surface area contributed by atoms with Crippen LogP contribution in [-0.2, 0) is 4.74 Å². The number of nitrogens with one attached hydrogen (secondary N) is 2. The Hall–Kier alpha value is -0.770. The van der Waals surface area contributed by atoms with Crippen molar-refractivity contribution >= 4 is 6.09 Å². The molecular formula is C11H24N2O2.